The van der Waals surface area contributed by atoms with Crippen molar-refractivity contribution in [2.45, 2.75) is 13.8 Å². The Morgan fingerprint density at radius 3 is 2.54 bits per heavy atom. The van der Waals surface area contributed by atoms with Gasteiger partial charge in [-0.25, -0.2) is 9.97 Å². The first-order chi connectivity index (χ1) is 6.18. The maximum atomic E-state index is 4.43. The molecule has 13 heavy (non-hydrogen) atoms. The third-order valence-corrected chi connectivity index (χ3v) is 2.53. The number of aryl methyl sites for hydroxylation is 2. The van der Waals surface area contributed by atoms with E-state index in [-0.39, 0.29) is 0 Å². The van der Waals surface area contributed by atoms with Gasteiger partial charge in [0.15, 0.2) is 0 Å². The lowest BCUT2D eigenvalue weighted by molar-refractivity contribution is 1.09. The van der Waals surface area contributed by atoms with Crippen LogP contribution in [0.25, 0.3) is 11.0 Å². The lowest BCUT2D eigenvalue weighted by Gasteiger charge is -2.02. The van der Waals surface area contributed by atoms with Gasteiger partial charge in [0, 0.05) is 6.20 Å². The van der Waals surface area contributed by atoms with Gasteiger partial charge in [-0.2, -0.15) is 0 Å². The molecule has 4 heteroatoms. The normalized spacial score (nSPS) is 10.7. The molecular weight excluding hydrogens is 230 g/mol. The Balaban J connectivity index is 2.89. The number of halogens is 1. The summed E-state index contributed by atoms with van der Waals surface area (Å²) < 4.78 is 0.889. The lowest BCUT2D eigenvalue weighted by atomic mass is 10.3. The first-order valence-corrected chi connectivity index (χ1v) is 4.72. The van der Waals surface area contributed by atoms with Gasteiger partial charge in [-0.1, -0.05) is 0 Å². The first-order valence-electron chi connectivity index (χ1n) is 3.93. The van der Waals surface area contributed by atoms with Crippen LogP contribution in [0.5, 0.6) is 0 Å². The van der Waals surface area contributed by atoms with E-state index >= 15 is 0 Å². The van der Waals surface area contributed by atoms with E-state index in [0.29, 0.717) is 0 Å². The van der Waals surface area contributed by atoms with Gasteiger partial charge in [-0.05, 0) is 29.8 Å². The number of aromatic nitrogens is 3. The molecule has 66 valence electrons. The molecule has 0 aliphatic heterocycles. The Labute approximate surface area is 84.4 Å². The summed E-state index contributed by atoms with van der Waals surface area (Å²) in [5.74, 6) is 0. The van der Waals surface area contributed by atoms with Gasteiger partial charge in [0.05, 0.1) is 22.1 Å². The van der Waals surface area contributed by atoms with Crippen LogP contribution in [0.3, 0.4) is 0 Å². The zero-order chi connectivity index (χ0) is 9.42. The molecule has 0 fully saturated rings. The molecule has 2 rings (SSSR count). The number of hydrogen-bond acceptors (Lipinski definition) is 3. The van der Waals surface area contributed by atoms with Gasteiger partial charge >= 0.3 is 0 Å². The Morgan fingerprint density at radius 2 is 1.77 bits per heavy atom. The molecule has 2 heterocycles. The average molecular weight is 238 g/mol. The van der Waals surface area contributed by atoms with Gasteiger partial charge in [0.25, 0.3) is 0 Å². The highest BCUT2D eigenvalue weighted by atomic mass is 79.9. The maximum Gasteiger partial charge on any atom is 0.108 e. The van der Waals surface area contributed by atoms with Gasteiger partial charge in [-0.3, -0.25) is 4.98 Å². The highest BCUT2D eigenvalue weighted by Gasteiger charge is 2.03. The first kappa shape index (κ1) is 8.56. The number of rotatable bonds is 0. The monoisotopic (exact) mass is 237 g/mol. The van der Waals surface area contributed by atoms with Gasteiger partial charge in [0.2, 0.25) is 0 Å². The number of pyridine rings is 1. The predicted molar refractivity (Wildman–Crippen MR) is 54.5 cm³/mol. The molecule has 0 spiro atoms. The van der Waals surface area contributed by atoms with Crippen molar-refractivity contribution in [3.05, 3.63) is 28.3 Å². The van der Waals surface area contributed by atoms with E-state index in [1.165, 1.54) is 0 Å². The Morgan fingerprint density at radius 1 is 1.08 bits per heavy atom. The largest absolute Gasteiger partial charge is 0.261 e. The molecular formula is C9H8BrN3. The molecule has 3 nitrogen and oxygen atoms in total. The number of hydrogen-bond donors (Lipinski definition) is 0. The zero-order valence-electron chi connectivity index (χ0n) is 7.37. The molecule has 0 radical (unpaired) electrons. The minimum absolute atomic E-state index is 0.831. The van der Waals surface area contributed by atoms with Gasteiger partial charge < -0.3 is 0 Å². The molecule has 0 aromatic carbocycles. The van der Waals surface area contributed by atoms with Crippen molar-refractivity contribution in [3.63, 3.8) is 0 Å². The fourth-order valence-electron chi connectivity index (χ4n) is 1.12. The smallest absolute Gasteiger partial charge is 0.108 e. The molecule has 0 N–H and O–H groups in total. The highest BCUT2D eigenvalue weighted by Crippen LogP contribution is 2.19. The SMILES string of the molecule is Cc1nc2cncc(Br)c2nc1C. The summed E-state index contributed by atoms with van der Waals surface area (Å²) >= 11 is 3.39. The zero-order valence-corrected chi connectivity index (χ0v) is 8.96. The van der Waals surface area contributed by atoms with E-state index in [2.05, 4.69) is 30.9 Å². The van der Waals surface area contributed by atoms with Crippen LogP contribution in [0.1, 0.15) is 11.4 Å². The molecule has 0 saturated heterocycles. The molecule has 0 atom stereocenters. The van der Waals surface area contributed by atoms with E-state index in [1.54, 1.807) is 12.4 Å². The Bertz CT molecular complexity index is 468. The number of fused-ring (bicyclic) bond motifs is 1. The Kier molecular flexibility index (Phi) is 2.00. The summed E-state index contributed by atoms with van der Waals surface area (Å²) in [7, 11) is 0. The average Bonchev–Trinajstić information content (AvgIpc) is 2.09. The third kappa shape index (κ3) is 1.42. The fraction of sp³-hybridized carbons (Fsp3) is 0.222. The second-order valence-electron chi connectivity index (χ2n) is 2.88. The minimum atomic E-state index is 0.831. The molecule has 2 aromatic heterocycles. The quantitative estimate of drug-likeness (QED) is 0.707. The molecule has 0 aliphatic rings. The third-order valence-electron chi connectivity index (χ3n) is 1.94. The van der Waals surface area contributed by atoms with Crippen molar-refractivity contribution < 1.29 is 0 Å². The van der Waals surface area contributed by atoms with Gasteiger partial charge in [-0.15, -0.1) is 0 Å². The van der Waals surface area contributed by atoms with Crippen LogP contribution in [0.15, 0.2) is 16.9 Å². The number of nitrogens with zero attached hydrogens (tertiary/aromatic N) is 3. The van der Waals surface area contributed by atoms with Crippen molar-refractivity contribution in [1.82, 2.24) is 15.0 Å². The van der Waals surface area contributed by atoms with E-state index < -0.39 is 0 Å². The van der Waals surface area contributed by atoms with Crippen molar-refractivity contribution in [2.75, 3.05) is 0 Å². The molecule has 0 unspecified atom stereocenters. The Hall–Kier alpha value is -1.03. The van der Waals surface area contributed by atoms with Gasteiger partial charge in [0.1, 0.15) is 11.0 Å². The lowest BCUT2D eigenvalue weighted by Crippen LogP contribution is -1.94. The summed E-state index contributed by atoms with van der Waals surface area (Å²) in [4.78, 5) is 12.8. The molecule has 2 aromatic rings. The van der Waals surface area contributed by atoms with Crippen LogP contribution < -0.4 is 0 Å². The molecule has 0 bridgehead atoms. The second-order valence-corrected chi connectivity index (χ2v) is 3.74. The molecule has 0 amide bonds. The van der Waals surface area contributed by atoms with Crippen molar-refractivity contribution in [1.29, 1.82) is 0 Å². The standard InChI is InChI=1S/C9H8BrN3/c1-5-6(2)13-9-7(10)3-11-4-8(9)12-5/h3-4H,1-2H3. The summed E-state index contributed by atoms with van der Waals surface area (Å²) in [5, 5.41) is 0. The minimum Gasteiger partial charge on any atom is -0.261 e. The highest BCUT2D eigenvalue weighted by molar-refractivity contribution is 9.10. The van der Waals surface area contributed by atoms with Crippen LogP contribution >= 0.6 is 15.9 Å². The van der Waals surface area contributed by atoms with Crippen LogP contribution in [0.2, 0.25) is 0 Å². The van der Waals surface area contributed by atoms with E-state index in [0.717, 1.165) is 26.9 Å². The molecule has 0 aliphatic carbocycles. The summed E-state index contributed by atoms with van der Waals surface area (Å²) in [6.07, 6.45) is 3.45. The summed E-state index contributed by atoms with van der Waals surface area (Å²) in [6, 6.07) is 0. The van der Waals surface area contributed by atoms with Crippen molar-refractivity contribution in [3.8, 4) is 0 Å². The molecule has 0 saturated carbocycles. The maximum absolute atomic E-state index is 4.43. The van der Waals surface area contributed by atoms with Crippen molar-refractivity contribution in [2.24, 2.45) is 0 Å². The van der Waals surface area contributed by atoms with Crippen LogP contribution in [0, 0.1) is 13.8 Å². The van der Waals surface area contributed by atoms with Crippen LogP contribution in [-0.4, -0.2) is 15.0 Å². The van der Waals surface area contributed by atoms with Crippen LogP contribution in [0.4, 0.5) is 0 Å². The van der Waals surface area contributed by atoms with Crippen molar-refractivity contribution >= 4 is 27.0 Å². The van der Waals surface area contributed by atoms with E-state index in [4.69, 9.17) is 0 Å². The van der Waals surface area contributed by atoms with E-state index in [1.807, 2.05) is 13.8 Å². The predicted octanol–water partition coefficient (Wildman–Crippen LogP) is 2.40. The second kappa shape index (κ2) is 3.03. The summed E-state index contributed by atoms with van der Waals surface area (Å²) in [5.41, 5.74) is 3.61. The summed E-state index contributed by atoms with van der Waals surface area (Å²) in [6.45, 7) is 3.90. The topological polar surface area (TPSA) is 38.7 Å². The fourth-order valence-corrected chi connectivity index (χ4v) is 1.53. The van der Waals surface area contributed by atoms with Crippen LogP contribution in [-0.2, 0) is 0 Å². The van der Waals surface area contributed by atoms with E-state index in [9.17, 15) is 0 Å².